The Morgan fingerprint density at radius 2 is 0.863 bits per heavy atom. The van der Waals surface area contributed by atoms with E-state index in [1.807, 2.05) is 182 Å². The molecule has 4 aliphatic rings. The summed E-state index contributed by atoms with van der Waals surface area (Å²) in [6, 6.07) is 59.1. The summed E-state index contributed by atoms with van der Waals surface area (Å²) in [6.45, 7) is 4.87. The Hall–Kier alpha value is -5.32. The first-order valence-corrected chi connectivity index (χ1v) is 27.5. The fraction of sp³-hybridized carbons (Fsp3) is 0.438. The summed E-state index contributed by atoms with van der Waals surface area (Å²) < 4.78 is 92.9. The van der Waals surface area contributed by atoms with Crippen LogP contribution < -0.4 is 0 Å². The monoisotopic (exact) mass is 1100 g/mol. The Labute approximate surface area is 468 Å². The topological polar surface area (TPSA) is 170 Å². The maximum Gasteiger partial charge on any atom is 0.187 e. The maximum absolute atomic E-state index is 11.7. The van der Waals surface area contributed by atoms with E-state index in [4.69, 9.17) is 66.3 Å². The van der Waals surface area contributed by atoms with Gasteiger partial charge in [-0.25, -0.2) is 0 Å². The van der Waals surface area contributed by atoms with Crippen molar-refractivity contribution in [1.29, 1.82) is 0 Å². The maximum atomic E-state index is 11.7. The van der Waals surface area contributed by atoms with Gasteiger partial charge in [0.15, 0.2) is 24.7 Å². The minimum absolute atomic E-state index is 0.0613. The van der Waals surface area contributed by atoms with Gasteiger partial charge >= 0.3 is 0 Å². The van der Waals surface area contributed by atoms with Crippen molar-refractivity contribution in [3.05, 3.63) is 215 Å². The van der Waals surface area contributed by atoms with Crippen LogP contribution in [0.4, 0.5) is 0 Å². The first kappa shape index (κ1) is 57.9. The van der Waals surface area contributed by atoms with E-state index in [9.17, 15) is 10.2 Å². The highest BCUT2D eigenvalue weighted by Crippen LogP contribution is 2.38. The van der Waals surface area contributed by atoms with Crippen LogP contribution in [0.3, 0.4) is 0 Å². The van der Waals surface area contributed by atoms with Crippen molar-refractivity contribution >= 4 is 0 Å². The lowest BCUT2D eigenvalue weighted by Crippen LogP contribution is -2.48. The van der Waals surface area contributed by atoms with Gasteiger partial charge in [0.2, 0.25) is 0 Å². The Balaban J connectivity index is 0.978. The molecular formula is C64H74O16. The summed E-state index contributed by atoms with van der Waals surface area (Å²) in [6.07, 6.45) is -14.6. The van der Waals surface area contributed by atoms with E-state index in [0.29, 0.717) is 0 Å². The van der Waals surface area contributed by atoms with Crippen molar-refractivity contribution in [1.82, 2.24) is 0 Å². The third-order valence-electron chi connectivity index (χ3n) is 14.6. The molecule has 10 rings (SSSR count). The van der Waals surface area contributed by atoms with E-state index in [2.05, 4.69) is 0 Å². The van der Waals surface area contributed by atoms with Crippen LogP contribution >= 0.6 is 0 Å². The minimum atomic E-state index is -1.48. The summed E-state index contributed by atoms with van der Waals surface area (Å²) in [4.78, 5) is 0. The molecule has 0 aromatic heterocycles. The molecule has 0 radical (unpaired) electrons. The predicted octanol–water partition coefficient (Wildman–Crippen LogP) is 8.23. The highest BCUT2D eigenvalue weighted by Gasteiger charge is 2.56. The van der Waals surface area contributed by atoms with Gasteiger partial charge in [0, 0.05) is 7.11 Å². The van der Waals surface area contributed by atoms with Gasteiger partial charge in [0.05, 0.1) is 59.5 Å². The highest BCUT2D eigenvalue weighted by molar-refractivity contribution is 5.18. The average molecular weight is 1100 g/mol. The Kier molecular flexibility index (Phi) is 20.7. The molecule has 4 aliphatic heterocycles. The van der Waals surface area contributed by atoms with E-state index < -0.39 is 97.9 Å². The Bertz CT molecular complexity index is 2700. The number of ether oxygens (including phenoxy) is 14. The zero-order valence-corrected chi connectivity index (χ0v) is 45.5. The largest absolute Gasteiger partial charge is 0.387 e. The smallest absolute Gasteiger partial charge is 0.187 e. The third kappa shape index (κ3) is 15.4. The molecular weight excluding hydrogens is 1020 g/mol. The van der Waals surface area contributed by atoms with Crippen molar-refractivity contribution in [2.75, 3.05) is 26.9 Å². The predicted molar refractivity (Wildman–Crippen MR) is 292 cm³/mol. The molecule has 0 saturated carbocycles. The Morgan fingerprint density at radius 1 is 0.450 bits per heavy atom. The number of hydrogen-bond acceptors (Lipinski definition) is 16. The lowest BCUT2D eigenvalue weighted by molar-refractivity contribution is -0.254. The lowest BCUT2D eigenvalue weighted by atomic mass is 10.0. The van der Waals surface area contributed by atoms with Crippen molar-refractivity contribution in [3.63, 3.8) is 0 Å². The zero-order chi connectivity index (χ0) is 55.1. The molecule has 80 heavy (non-hydrogen) atoms. The van der Waals surface area contributed by atoms with Crippen LogP contribution in [0, 0.1) is 0 Å². The molecule has 16 nitrogen and oxygen atoms in total. The van der Waals surface area contributed by atoms with Gasteiger partial charge < -0.3 is 76.5 Å². The zero-order valence-electron chi connectivity index (χ0n) is 45.5. The summed E-state index contributed by atoms with van der Waals surface area (Å²) in [5.74, 6) is -0.912. The highest BCUT2D eigenvalue weighted by atomic mass is 16.8. The summed E-state index contributed by atoms with van der Waals surface area (Å²) >= 11 is 0. The van der Waals surface area contributed by atoms with Crippen LogP contribution in [-0.4, -0.2) is 135 Å². The van der Waals surface area contributed by atoms with Crippen molar-refractivity contribution in [2.24, 2.45) is 0 Å². The number of benzene rings is 6. The van der Waals surface area contributed by atoms with Gasteiger partial charge in [-0.1, -0.05) is 182 Å². The second-order valence-electron chi connectivity index (χ2n) is 20.9. The number of aliphatic hydroxyl groups excluding tert-OH is 2. The van der Waals surface area contributed by atoms with Gasteiger partial charge in [0.25, 0.3) is 0 Å². The average Bonchev–Trinajstić information content (AvgIpc) is 4.24. The third-order valence-corrected chi connectivity index (χ3v) is 14.6. The molecule has 2 N–H and O–H groups in total. The fourth-order valence-electron chi connectivity index (χ4n) is 10.4. The van der Waals surface area contributed by atoms with E-state index in [0.717, 1.165) is 33.4 Å². The summed E-state index contributed by atoms with van der Waals surface area (Å²) in [7, 11) is 1.59. The van der Waals surface area contributed by atoms with Crippen LogP contribution in [0.5, 0.6) is 0 Å². The van der Waals surface area contributed by atoms with Crippen molar-refractivity contribution in [2.45, 2.75) is 151 Å². The van der Waals surface area contributed by atoms with Gasteiger partial charge in [-0.3, -0.25) is 0 Å². The minimum Gasteiger partial charge on any atom is -0.387 e. The molecule has 0 unspecified atom stereocenters. The van der Waals surface area contributed by atoms with Gasteiger partial charge in [0.1, 0.15) is 73.2 Å². The van der Waals surface area contributed by atoms with Gasteiger partial charge in [-0.15, -0.1) is 0 Å². The molecule has 16 heteroatoms. The Morgan fingerprint density at radius 3 is 1.31 bits per heavy atom. The quantitative estimate of drug-likeness (QED) is 0.0481. The van der Waals surface area contributed by atoms with Crippen LogP contribution in [0.2, 0.25) is 0 Å². The first-order chi connectivity index (χ1) is 39.2. The molecule has 4 heterocycles. The van der Waals surface area contributed by atoms with Gasteiger partial charge in [-0.2, -0.15) is 0 Å². The van der Waals surface area contributed by atoms with Crippen LogP contribution in [-0.2, 0) is 106 Å². The van der Waals surface area contributed by atoms with E-state index >= 15 is 0 Å². The second kappa shape index (κ2) is 28.6. The molecule has 6 aromatic carbocycles. The SMILES string of the molecule is CO[C@@H]1O[C@@H]([C@@H](CO[C@@H]2O[C@@H]([C@@H](COCc3ccccc3)O[C@@H]3O[C@@H]([C@H]4COC(C)(C)O4)[C@H](O)[C@H]3O)[C@H](OCc3ccccc3)[C@H]2OCc2ccccc2)OCc2ccccc2)[C@H](OCc2ccccc2)[C@H]1OCc1ccccc1. The van der Waals surface area contributed by atoms with Crippen LogP contribution in [0.1, 0.15) is 47.2 Å². The lowest BCUT2D eigenvalue weighted by Gasteiger charge is -2.31. The molecule has 4 saturated heterocycles. The van der Waals surface area contributed by atoms with E-state index in [-0.39, 0.29) is 59.5 Å². The molecule has 0 bridgehead atoms. The summed E-state index contributed by atoms with van der Waals surface area (Å²) in [5.41, 5.74) is 5.62. The second-order valence-corrected chi connectivity index (χ2v) is 20.9. The molecule has 15 atom stereocenters. The fourth-order valence-corrected chi connectivity index (χ4v) is 10.4. The number of rotatable bonds is 28. The summed E-state index contributed by atoms with van der Waals surface area (Å²) in [5, 5.41) is 23.2. The molecule has 6 aromatic rings. The number of hydrogen-bond donors (Lipinski definition) is 2. The molecule has 0 aliphatic carbocycles. The number of aliphatic hydroxyl groups is 2. The van der Waals surface area contributed by atoms with Crippen molar-refractivity contribution < 1.29 is 76.5 Å². The van der Waals surface area contributed by atoms with E-state index in [1.54, 1.807) is 21.0 Å². The standard InChI is InChI=1S/C64H74O16/c1-64(2)75-42-51(80-64)54-52(65)53(66)61(77-54)76-50(40-68-34-43-22-10-4-11-23-43)56-58(71-37-46-28-16-7-17-29-46)60(73-39-48-32-20-9-21-33-48)63(79-56)74-41-49(69-35-44-24-12-5-13-25-44)55-57(70-36-45-26-14-6-15-27-45)59(62(67-3)78-55)72-38-47-30-18-8-19-31-47/h4-33,49-63,65-66H,34-42H2,1-3H3/t49-,50-,51-,52-,53-,54+,55+,56+,57+,58+,59-,60-,61-,62-,63-/m1/s1. The van der Waals surface area contributed by atoms with E-state index in [1.165, 1.54) is 0 Å². The molecule has 426 valence electrons. The number of methoxy groups -OCH3 is 1. The first-order valence-electron chi connectivity index (χ1n) is 27.5. The van der Waals surface area contributed by atoms with Gasteiger partial charge in [-0.05, 0) is 47.2 Å². The molecule has 4 fully saturated rings. The molecule has 0 amide bonds. The van der Waals surface area contributed by atoms with Crippen molar-refractivity contribution in [3.8, 4) is 0 Å². The molecule has 0 spiro atoms. The normalized spacial score (nSPS) is 29.0. The van der Waals surface area contributed by atoms with Crippen LogP contribution in [0.25, 0.3) is 0 Å². The van der Waals surface area contributed by atoms with Crippen LogP contribution in [0.15, 0.2) is 182 Å².